The molecule has 4 heterocycles. The van der Waals surface area contributed by atoms with Gasteiger partial charge >= 0.3 is 0 Å². The highest BCUT2D eigenvalue weighted by atomic mass is 16.5. The minimum Gasteiger partial charge on any atom is -0.496 e. The summed E-state index contributed by atoms with van der Waals surface area (Å²) in [5, 5.41) is 2.99. The van der Waals surface area contributed by atoms with Crippen LogP contribution in [0.25, 0.3) is 17.2 Å². The Morgan fingerprint density at radius 1 is 1.14 bits per heavy atom. The van der Waals surface area contributed by atoms with Crippen molar-refractivity contribution in [2.45, 2.75) is 12.3 Å². The lowest BCUT2D eigenvalue weighted by atomic mass is 9.93. The van der Waals surface area contributed by atoms with Crippen LogP contribution in [0.5, 0.6) is 5.75 Å². The molecule has 0 spiro atoms. The largest absolute Gasteiger partial charge is 0.496 e. The van der Waals surface area contributed by atoms with Crippen LogP contribution in [-0.2, 0) is 6.42 Å². The van der Waals surface area contributed by atoms with Gasteiger partial charge in [-0.25, -0.2) is 9.97 Å². The fourth-order valence-electron chi connectivity index (χ4n) is 3.76. The fourth-order valence-corrected chi connectivity index (χ4v) is 3.76. The van der Waals surface area contributed by atoms with Crippen molar-refractivity contribution in [3.8, 4) is 17.3 Å². The molecule has 0 radical (unpaired) electrons. The Labute approximate surface area is 161 Å². The molecule has 0 fully saturated rings. The lowest BCUT2D eigenvalue weighted by molar-refractivity contribution is 0.0950. The van der Waals surface area contributed by atoms with Crippen LogP contribution >= 0.6 is 0 Å². The summed E-state index contributed by atoms with van der Waals surface area (Å²) in [6, 6.07) is 13.7. The maximum absolute atomic E-state index is 12.6. The van der Waals surface area contributed by atoms with E-state index in [1.54, 1.807) is 7.11 Å². The van der Waals surface area contributed by atoms with Gasteiger partial charge in [0.25, 0.3) is 5.91 Å². The normalized spacial score (nSPS) is 16.5. The van der Waals surface area contributed by atoms with Crippen LogP contribution in [0.4, 0.5) is 0 Å². The van der Waals surface area contributed by atoms with Crippen molar-refractivity contribution in [2.75, 3.05) is 13.7 Å². The van der Waals surface area contributed by atoms with Crippen molar-refractivity contribution in [3.05, 3.63) is 71.8 Å². The van der Waals surface area contributed by atoms with E-state index in [0.29, 0.717) is 30.2 Å². The van der Waals surface area contributed by atoms with Crippen LogP contribution in [0.2, 0.25) is 0 Å². The number of benzene rings is 1. The number of nitrogens with zero attached hydrogens (tertiary/aromatic N) is 3. The van der Waals surface area contributed by atoms with Crippen LogP contribution in [0.3, 0.4) is 0 Å². The molecule has 5 rings (SSSR count). The van der Waals surface area contributed by atoms with Crippen molar-refractivity contribution in [1.29, 1.82) is 0 Å². The Balaban J connectivity index is 1.54. The van der Waals surface area contributed by atoms with E-state index in [-0.39, 0.29) is 11.8 Å². The molecule has 0 saturated heterocycles. The highest BCUT2D eigenvalue weighted by molar-refractivity contribution is 5.94. The number of hydrogen-bond donors (Lipinski definition) is 2. The molecule has 1 unspecified atom stereocenters. The number of aromatic nitrogens is 4. The summed E-state index contributed by atoms with van der Waals surface area (Å²) in [6.45, 7) is 0.535. The first kappa shape index (κ1) is 16.6. The number of pyridine rings is 1. The summed E-state index contributed by atoms with van der Waals surface area (Å²) in [4.78, 5) is 25.1. The molecule has 2 N–H and O–H groups in total. The molecule has 3 aromatic heterocycles. The Bertz CT molecular complexity index is 1140. The predicted octanol–water partition coefficient (Wildman–Crippen LogP) is 2.80. The maximum Gasteiger partial charge on any atom is 0.271 e. The summed E-state index contributed by atoms with van der Waals surface area (Å²) in [6.07, 6.45) is 4.50. The average Bonchev–Trinajstić information content (AvgIpc) is 3.31. The molecule has 1 aliphatic rings. The quantitative estimate of drug-likeness (QED) is 0.578. The number of carbonyl (C=O) groups is 1. The van der Waals surface area contributed by atoms with Crippen molar-refractivity contribution in [3.63, 3.8) is 0 Å². The van der Waals surface area contributed by atoms with E-state index >= 15 is 0 Å². The standard InChI is InChI=1S/C21H19N5O2/c1-28-17-7-3-2-6-14(17)13-10-15-19(21(27)22-11-13)25-20(24-15)16-12-26-9-5-4-8-18(26)23-16/h2-9,12-13H,10-11H2,1H3,(H,22,27)(H,24,25). The molecule has 1 amide bonds. The molecule has 0 bridgehead atoms. The zero-order chi connectivity index (χ0) is 19.1. The number of rotatable bonds is 3. The third kappa shape index (κ3) is 2.72. The van der Waals surface area contributed by atoms with E-state index in [9.17, 15) is 4.79 Å². The van der Waals surface area contributed by atoms with E-state index in [2.05, 4.69) is 20.3 Å². The first-order valence-electron chi connectivity index (χ1n) is 9.17. The second-order valence-corrected chi connectivity index (χ2v) is 6.86. The molecule has 28 heavy (non-hydrogen) atoms. The van der Waals surface area contributed by atoms with Gasteiger partial charge in [-0.3, -0.25) is 4.79 Å². The van der Waals surface area contributed by atoms with E-state index in [1.807, 2.05) is 59.3 Å². The zero-order valence-electron chi connectivity index (χ0n) is 15.3. The molecular weight excluding hydrogens is 354 g/mol. The summed E-state index contributed by atoms with van der Waals surface area (Å²) in [7, 11) is 1.66. The van der Waals surface area contributed by atoms with Gasteiger partial charge in [0.05, 0.1) is 7.11 Å². The van der Waals surface area contributed by atoms with Crippen molar-refractivity contribution in [2.24, 2.45) is 0 Å². The lowest BCUT2D eigenvalue weighted by Crippen LogP contribution is -2.26. The average molecular weight is 373 g/mol. The smallest absolute Gasteiger partial charge is 0.271 e. The Kier molecular flexibility index (Phi) is 3.86. The Morgan fingerprint density at radius 3 is 2.86 bits per heavy atom. The Hall–Kier alpha value is -3.61. The number of aromatic amines is 1. The number of ether oxygens (including phenoxy) is 1. The first-order chi connectivity index (χ1) is 13.7. The van der Waals surface area contributed by atoms with Gasteiger partial charge in [0.2, 0.25) is 0 Å². The molecule has 140 valence electrons. The summed E-state index contributed by atoms with van der Waals surface area (Å²) in [5.74, 6) is 1.35. The number of methoxy groups -OCH3 is 1. The monoisotopic (exact) mass is 373 g/mol. The number of nitrogens with one attached hydrogen (secondary N) is 2. The van der Waals surface area contributed by atoms with Gasteiger partial charge in [-0.05, 0) is 30.2 Å². The van der Waals surface area contributed by atoms with Crippen molar-refractivity contribution in [1.82, 2.24) is 24.7 Å². The van der Waals surface area contributed by atoms with Crippen molar-refractivity contribution < 1.29 is 9.53 Å². The Morgan fingerprint density at radius 2 is 2.00 bits per heavy atom. The summed E-state index contributed by atoms with van der Waals surface area (Å²) < 4.78 is 7.44. The molecule has 0 aliphatic carbocycles. The number of para-hydroxylation sites is 1. The van der Waals surface area contributed by atoms with E-state index in [0.717, 1.165) is 22.7 Å². The summed E-state index contributed by atoms with van der Waals surface area (Å²) >= 11 is 0. The van der Waals surface area contributed by atoms with Gasteiger partial charge in [0.1, 0.15) is 22.8 Å². The minimum absolute atomic E-state index is 0.0933. The van der Waals surface area contributed by atoms with Gasteiger partial charge < -0.3 is 19.4 Å². The molecular formula is C21H19N5O2. The number of carbonyl (C=O) groups excluding carboxylic acids is 1. The highest BCUT2D eigenvalue weighted by Gasteiger charge is 2.28. The molecule has 7 heteroatoms. The third-order valence-electron chi connectivity index (χ3n) is 5.14. The number of amides is 1. The van der Waals surface area contributed by atoms with Crippen LogP contribution in [0, 0.1) is 0 Å². The molecule has 1 aliphatic heterocycles. The minimum atomic E-state index is -0.168. The fraction of sp³-hybridized carbons (Fsp3) is 0.190. The maximum atomic E-state index is 12.6. The highest BCUT2D eigenvalue weighted by Crippen LogP contribution is 2.31. The molecule has 0 saturated carbocycles. The predicted molar refractivity (Wildman–Crippen MR) is 105 cm³/mol. The van der Waals surface area contributed by atoms with E-state index in [1.165, 1.54) is 0 Å². The SMILES string of the molecule is COc1ccccc1C1CNC(=O)c2nc(-c3cn4ccccc4n3)[nH]c2C1. The lowest BCUT2D eigenvalue weighted by Gasteiger charge is -2.17. The van der Waals surface area contributed by atoms with Gasteiger partial charge in [-0.2, -0.15) is 0 Å². The van der Waals surface area contributed by atoms with Crippen LogP contribution in [0.15, 0.2) is 54.9 Å². The van der Waals surface area contributed by atoms with E-state index in [4.69, 9.17) is 4.74 Å². The number of fused-ring (bicyclic) bond motifs is 2. The van der Waals surface area contributed by atoms with Crippen LogP contribution in [0.1, 0.15) is 27.7 Å². The van der Waals surface area contributed by atoms with Gasteiger partial charge in [0.15, 0.2) is 5.82 Å². The second kappa shape index (κ2) is 6.53. The van der Waals surface area contributed by atoms with Gasteiger partial charge in [-0.15, -0.1) is 0 Å². The molecule has 7 nitrogen and oxygen atoms in total. The van der Waals surface area contributed by atoms with Crippen LogP contribution in [-0.4, -0.2) is 38.9 Å². The summed E-state index contributed by atoms with van der Waals surface area (Å²) in [5.41, 5.74) is 3.87. The first-order valence-corrected chi connectivity index (χ1v) is 9.17. The van der Waals surface area contributed by atoms with Gasteiger partial charge in [0, 0.05) is 30.6 Å². The topological polar surface area (TPSA) is 84.3 Å². The molecule has 1 aromatic carbocycles. The number of hydrogen-bond acceptors (Lipinski definition) is 4. The van der Waals surface area contributed by atoms with Gasteiger partial charge in [-0.1, -0.05) is 24.3 Å². The number of H-pyrrole nitrogens is 1. The van der Waals surface area contributed by atoms with E-state index < -0.39 is 0 Å². The van der Waals surface area contributed by atoms with Crippen LogP contribution < -0.4 is 10.1 Å². The third-order valence-corrected chi connectivity index (χ3v) is 5.14. The zero-order valence-corrected chi connectivity index (χ0v) is 15.3. The molecule has 4 aromatic rings. The molecule has 1 atom stereocenters. The van der Waals surface area contributed by atoms with Crippen molar-refractivity contribution >= 4 is 11.6 Å². The number of imidazole rings is 2. The second-order valence-electron chi connectivity index (χ2n) is 6.86.